The number of para-hydroxylation sites is 1. The Morgan fingerprint density at radius 2 is 1.84 bits per heavy atom. The van der Waals surface area contributed by atoms with Gasteiger partial charge in [0.1, 0.15) is 5.82 Å². The fourth-order valence-corrected chi connectivity index (χ4v) is 1.54. The average molecular weight is 260 g/mol. The monoisotopic (exact) mass is 260 g/mol. The molecule has 0 bridgehead atoms. The number of nitro groups is 1. The molecule has 1 amide bonds. The molecule has 0 aliphatic carbocycles. The highest BCUT2D eigenvalue weighted by Crippen LogP contribution is 2.17. The number of anilines is 1. The van der Waals surface area contributed by atoms with Crippen LogP contribution in [0.3, 0.4) is 0 Å². The highest BCUT2D eigenvalue weighted by atomic mass is 19.1. The maximum atomic E-state index is 13.2. The Bertz CT molecular complexity index is 629. The minimum Gasteiger partial charge on any atom is -0.322 e. The van der Waals surface area contributed by atoms with Crippen molar-refractivity contribution >= 4 is 17.3 Å². The Labute approximate surface area is 107 Å². The molecular formula is C13H9FN2O3. The smallest absolute Gasteiger partial charge is 0.273 e. The van der Waals surface area contributed by atoms with Crippen LogP contribution in [0.25, 0.3) is 0 Å². The predicted molar refractivity (Wildman–Crippen MR) is 67.4 cm³/mol. The van der Waals surface area contributed by atoms with Gasteiger partial charge in [0.15, 0.2) is 0 Å². The lowest BCUT2D eigenvalue weighted by Gasteiger charge is -2.05. The summed E-state index contributed by atoms with van der Waals surface area (Å²) >= 11 is 0. The Kier molecular flexibility index (Phi) is 3.51. The number of amides is 1. The van der Waals surface area contributed by atoms with Crippen LogP contribution in [-0.4, -0.2) is 10.8 Å². The van der Waals surface area contributed by atoms with Crippen LogP contribution in [0.2, 0.25) is 0 Å². The molecule has 0 unspecified atom stereocenters. The van der Waals surface area contributed by atoms with E-state index >= 15 is 0 Å². The van der Waals surface area contributed by atoms with E-state index in [0.29, 0.717) is 5.69 Å². The van der Waals surface area contributed by atoms with Crippen molar-refractivity contribution in [3.8, 4) is 0 Å². The maximum absolute atomic E-state index is 13.2. The lowest BCUT2D eigenvalue weighted by atomic mass is 10.1. The number of rotatable bonds is 3. The van der Waals surface area contributed by atoms with E-state index in [1.165, 1.54) is 0 Å². The van der Waals surface area contributed by atoms with E-state index in [1.807, 2.05) is 0 Å². The van der Waals surface area contributed by atoms with Gasteiger partial charge >= 0.3 is 0 Å². The Hall–Kier alpha value is -2.76. The van der Waals surface area contributed by atoms with Crippen molar-refractivity contribution in [1.82, 2.24) is 0 Å². The lowest BCUT2D eigenvalue weighted by Crippen LogP contribution is -2.12. The molecule has 96 valence electrons. The fraction of sp³-hybridized carbons (Fsp3) is 0. The largest absolute Gasteiger partial charge is 0.322 e. The highest BCUT2D eigenvalue weighted by Gasteiger charge is 2.14. The number of halogens is 1. The standard InChI is InChI=1S/C13H9FN2O3/c14-10-6-9(7-12(8-10)16(18)19)13(17)15-11-4-2-1-3-5-11/h1-8H,(H,15,17). The van der Waals surface area contributed by atoms with Crippen LogP contribution < -0.4 is 5.32 Å². The number of hydrogen-bond acceptors (Lipinski definition) is 3. The lowest BCUT2D eigenvalue weighted by molar-refractivity contribution is -0.385. The second-order valence-corrected chi connectivity index (χ2v) is 3.78. The molecule has 2 aromatic carbocycles. The van der Waals surface area contributed by atoms with Gasteiger partial charge in [-0.1, -0.05) is 18.2 Å². The molecule has 0 fully saturated rings. The number of benzene rings is 2. The van der Waals surface area contributed by atoms with Gasteiger partial charge in [-0.25, -0.2) is 4.39 Å². The van der Waals surface area contributed by atoms with Gasteiger partial charge in [0.05, 0.1) is 11.0 Å². The molecule has 2 aromatic rings. The van der Waals surface area contributed by atoms with Crippen molar-refractivity contribution in [2.45, 2.75) is 0 Å². The predicted octanol–water partition coefficient (Wildman–Crippen LogP) is 2.99. The second kappa shape index (κ2) is 5.26. The summed E-state index contributed by atoms with van der Waals surface area (Å²) in [5.41, 5.74) is -0.0341. The van der Waals surface area contributed by atoms with Crippen LogP contribution >= 0.6 is 0 Å². The van der Waals surface area contributed by atoms with Gasteiger partial charge in [0.2, 0.25) is 0 Å². The third-order valence-electron chi connectivity index (χ3n) is 2.39. The third kappa shape index (κ3) is 3.12. The molecule has 0 aromatic heterocycles. The van der Waals surface area contributed by atoms with E-state index in [1.54, 1.807) is 30.3 Å². The van der Waals surface area contributed by atoms with Crippen LogP contribution in [0.1, 0.15) is 10.4 Å². The number of carbonyl (C=O) groups excluding carboxylic acids is 1. The Morgan fingerprint density at radius 3 is 2.47 bits per heavy atom. The number of non-ortho nitro benzene ring substituents is 1. The molecule has 2 rings (SSSR count). The molecule has 0 radical (unpaired) electrons. The van der Waals surface area contributed by atoms with E-state index in [4.69, 9.17) is 0 Å². The van der Waals surface area contributed by atoms with E-state index in [-0.39, 0.29) is 5.56 Å². The van der Waals surface area contributed by atoms with Crippen LogP contribution in [0.4, 0.5) is 15.8 Å². The zero-order valence-electron chi connectivity index (χ0n) is 9.67. The summed E-state index contributed by atoms with van der Waals surface area (Å²) in [5.74, 6) is -1.43. The van der Waals surface area contributed by atoms with Gasteiger partial charge in [0.25, 0.3) is 11.6 Å². The molecule has 0 aliphatic heterocycles. The minimum absolute atomic E-state index is 0.101. The van der Waals surface area contributed by atoms with Crippen molar-refractivity contribution in [1.29, 1.82) is 0 Å². The first-order valence-electron chi connectivity index (χ1n) is 5.37. The van der Waals surface area contributed by atoms with Crippen LogP contribution in [0.5, 0.6) is 0 Å². The van der Waals surface area contributed by atoms with Gasteiger partial charge in [-0.2, -0.15) is 0 Å². The fourth-order valence-electron chi connectivity index (χ4n) is 1.54. The Balaban J connectivity index is 2.26. The maximum Gasteiger partial charge on any atom is 0.273 e. The van der Waals surface area contributed by atoms with Gasteiger partial charge in [0, 0.05) is 17.3 Å². The van der Waals surface area contributed by atoms with Gasteiger partial charge in [-0.05, 0) is 18.2 Å². The summed E-state index contributed by atoms with van der Waals surface area (Å²) in [6.07, 6.45) is 0. The SMILES string of the molecule is O=C(Nc1ccccc1)c1cc(F)cc([N+](=O)[O-])c1. The van der Waals surface area contributed by atoms with Gasteiger partial charge in [-0.15, -0.1) is 0 Å². The van der Waals surface area contributed by atoms with E-state index in [2.05, 4.69) is 5.32 Å². The Morgan fingerprint density at radius 1 is 1.16 bits per heavy atom. The van der Waals surface area contributed by atoms with Gasteiger partial charge in [-0.3, -0.25) is 14.9 Å². The normalized spacial score (nSPS) is 9.95. The summed E-state index contributed by atoms with van der Waals surface area (Å²) in [6.45, 7) is 0. The van der Waals surface area contributed by atoms with E-state index in [9.17, 15) is 19.3 Å². The van der Waals surface area contributed by atoms with E-state index < -0.39 is 22.3 Å². The van der Waals surface area contributed by atoms with E-state index in [0.717, 1.165) is 18.2 Å². The first kappa shape index (κ1) is 12.7. The minimum atomic E-state index is -0.826. The molecule has 5 nitrogen and oxygen atoms in total. The van der Waals surface area contributed by atoms with Crippen molar-refractivity contribution in [3.63, 3.8) is 0 Å². The quantitative estimate of drug-likeness (QED) is 0.681. The number of carbonyl (C=O) groups is 1. The zero-order valence-corrected chi connectivity index (χ0v) is 9.67. The molecule has 0 aliphatic rings. The number of nitrogens with one attached hydrogen (secondary N) is 1. The molecule has 0 spiro atoms. The molecule has 19 heavy (non-hydrogen) atoms. The number of nitro benzene ring substituents is 1. The molecule has 0 saturated heterocycles. The van der Waals surface area contributed by atoms with Gasteiger partial charge < -0.3 is 5.32 Å². The number of nitrogens with zero attached hydrogens (tertiary/aromatic N) is 1. The van der Waals surface area contributed by atoms with Crippen LogP contribution in [0.15, 0.2) is 48.5 Å². The summed E-state index contributed by atoms with van der Waals surface area (Å²) < 4.78 is 13.2. The van der Waals surface area contributed by atoms with Crippen molar-refractivity contribution in [2.75, 3.05) is 5.32 Å². The molecule has 0 atom stereocenters. The molecule has 1 N–H and O–H groups in total. The van der Waals surface area contributed by atoms with Crippen LogP contribution in [-0.2, 0) is 0 Å². The summed E-state index contributed by atoms with van der Waals surface area (Å²) in [6, 6.07) is 11.3. The molecule has 0 saturated carbocycles. The first-order valence-corrected chi connectivity index (χ1v) is 5.37. The average Bonchev–Trinajstić information content (AvgIpc) is 2.39. The topological polar surface area (TPSA) is 72.2 Å². The molecule has 0 heterocycles. The molecule has 6 heteroatoms. The summed E-state index contributed by atoms with van der Waals surface area (Å²) in [5, 5.41) is 13.1. The first-order chi connectivity index (χ1) is 9.06. The summed E-state index contributed by atoms with van der Waals surface area (Å²) in [7, 11) is 0. The van der Waals surface area contributed by atoms with Crippen molar-refractivity contribution in [3.05, 3.63) is 70.0 Å². The second-order valence-electron chi connectivity index (χ2n) is 3.78. The molecular weight excluding hydrogens is 251 g/mol. The van der Waals surface area contributed by atoms with Crippen molar-refractivity contribution in [2.24, 2.45) is 0 Å². The number of hydrogen-bond donors (Lipinski definition) is 1. The van der Waals surface area contributed by atoms with Crippen LogP contribution in [0, 0.1) is 15.9 Å². The summed E-state index contributed by atoms with van der Waals surface area (Å²) in [4.78, 5) is 21.7. The highest BCUT2D eigenvalue weighted by molar-refractivity contribution is 6.04. The zero-order chi connectivity index (χ0) is 13.8. The third-order valence-corrected chi connectivity index (χ3v) is 2.39. The van der Waals surface area contributed by atoms with Crippen molar-refractivity contribution < 1.29 is 14.1 Å².